The Morgan fingerprint density at radius 2 is 2.14 bits per heavy atom. The van der Waals surface area contributed by atoms with Crippen molar-refractivity contribution in [3.05, 3.63) is 51.5 Å². The molecule has 1 unspecified atom stereocenters. The van der Waals surface area contributed by atoms with Crippen molar-refractivity contribution in [2.75, 3.05) is 0 Å². The predicted octanol–water partition coefficient (Wildman–Crippen LogP) is 3.01. The number of amides is 1. The zero-order valence-corrected chi connectivity index (χ0v) is 13.1. The average molecular weight is 325 g/mol. The highest BCUT2D eigenvalue weighted by Gasteiger charge is 2.23. The van der Waals surface area contributed by atoms with Gasteiger partial charge < -0.3 is 11.1 Å². The summed E-state index contributed by atoms with van der Waals surface area (Å²) in [5.74, 6) is -1.81. The van der Waals surface area contributed by atoms with Crippen LogP contribution in [0.3, 0.4) is 0 Å². The summed E-state index contributed by atoms with van der Waals surface area (Å²) in [5, 5.41) is 5.01. The van der Waals surface area contributed by atoms with Crippen LogP contribution in [0.5, 0.6) is 0 Å². The first-order chi connectivity index (χ1) is 10.4. The summed E-state index contributed by atoms with van der Waals surface area (Å²) < 4.78 is 27.0. The second kappa shape index (κ2) is 6.93. The van der Waals surface area contributed by atoms with Crippen molar-refractivity contribution in [2.45, 2.75) is 26.4 Å². The van der Waals surface area contributed by atoms with Crippen molar-refractivity contribution in [3.8, 4) is 0 Å². The van der Waals surface area contributed by atoms with Crippen LogP contribution in [0.15, 0.2) is 23.6 Å². The van der Waals surface area contributed by atoms with E-state index in [0.29, 0.717) is 5.01 Å². The highest BCUT2D eigenvalue weighted by molar-refractivity contribution is 7.09. The SMILES string of the molecule is CC(C)C(NC(=O)c1csc(CN)n1)c1ccc(F)cc1F. The molecule has 0 aliphatic carbocycles. The van der Waals surface area contributed by atoms with Gasteiger partial charge in [0.1, 0.15) is 22.3 Å². The van der Waals surface area contributed by atoms with Crippen molar-refractivity contribution >= 4 is 17.2 Å². The molecule has 2 aromatic rings. The maximum absolute atomic E-state index is 14.0. The van der Waals surface area contributed by atoms with E-state index in [1.165, 1.54) is 23.5 Å². The number of carbonyl (C=O) groups is 1. The van der Waals surface area contributed by atoms with Crippen LogP contribution >= 0.6 is 11.3 Å². The summed E-state index contributed by atoms with van der Waals surface area (Å²) in [5.41, 5.74) is 5.97. The van der Waals surface area contributed by atoms with Gasteiger partial charge in [0.15, 0.2) is 0 Å². The Morgan fingerprint density at radius 1 is 1.41 bits per heavy atom. The molecule has 1 amide bonds. The van der Waals surface area contributed by atoms with E-state index in [9.17, 15) is 13.6 Å². The largest absolute Gasteiger partial charge is 0.344 e. The van der Waals surface area contributed by atoms with Gasteiger partial charge in [-0.25, -0.2) is 13.8 Å². The van der Waals surface area contributed by atoms with Gasteiger partial charge in [-0.15, -0.1) is 11.3 Å². The minimum Gasteiger partial charge on any atom is -0.344 e. The van der Waals surface area contributed by atoms with Gasteiger partial charge in [0.05, 0.1) is 6.04 Å². The number of hydrogen-bond donors (Lipinski definition) is 2. The van der Waals surface area contributed by atoms with Gasteiger partial charge in [0.2, 0.25) is 0 Å². The van der Waals surface area contributed by atoms with Gasteiger partial charge in [0.25, 0.3) is 5.91 Å². The molecule has 4 nitrogen and oxygen atoms in total. The van der Waals surface area contributed by atoms with E-state index >= 15 is 0 Å². The Hall–Kier alpha value is -1.86. The van der Waals surface area contributed by atoms with Crippen LogP contribution in [0.25, 0.3) is 0 Å². The number of thiazole rings is 1. The Balaban J connectivity index is 2.23. The highest BCUT2D eigenvalue weighted by atomic mass is 32.1. The maximum atomic E-state index is 14.0. The van der Waals surface area contributed by atoms with Gasteiger partial charge in [-0.2, -0.15) is 0 Å². The summed E-state index contributed by atoms with van der Waals surface area (Å²) in [7, 11) is 0. The molecule has 1 heterocycles. The molecule has 0 aliphatic rings. The molecule has 22 heavy (non-hydrogen) atoms. The third-order valence-electron chi connectivity index (χ3n) is 3.21. The fourth-order valence-corrected chi connectivity index (χ4v) is 2.74. The fourth-order valence-electron chi connectivity index (χ4n) is 2.08. The lowest BCUT2D eigenvalue weighted by Gasteiger charge is -2.23. The lowest BCUT2D eigenvalue weighted by Crippen LogP contribution is -2.32. The van der Waals surface area contributed by atoms with Gasteiger partial charge in [-0.05, 0) is 12.0 Å². The third kappa shape index (κ3) is 3.66. The van der Waals surface area contributed by atoms with Gasteiger partial charge in [0, 0.05) is 23.6 Å². The maximum Gasteiger partial charge on any atom is 0.271 e. The zero-order valence-electron chi connectivity index (χ0n) is 12.3. The van der Waals surface area contributed by atoms with Crippen molar-refractivity contribution < 1.29 is 13.6 Å². The Bertz CT molecular complexity index is 673. The number of nitrogens with zero attached hydrogens (tertiary/aromatic N) is 1. The van der Waals surface area contributed by atoms with Gasteiger partial charge in [-0.3, -0.25) is 4.79 Å². The predicted molar refractivity (Wildman–Crippen MR) is 81.4 cm³/mol. The number of hydrogen-bond acceptors (Lipinski definition) is 4. The van der Waals surface area contributed by atoms with Crippen LogP contribution in [0.2, 0.25) is 0 Å². The molecule has 0 aliphatic heterocycles. The molecule has 0 saturated heterocycles. The van der Waals surface area contributed by atoms with Crippen molar-refractivity contribution in [1.29, 1.82) is 0 Å². The molecular formula is C15H17F2N3OS. The summed E-state index contributed by atoms with van der Waals surface area (Å²) >= 11 is 1.29. The molecule has 0 fully saturated rings. The summed E-state index contributed by atoms with van der Waals surface area (Å²) in [6.07, 6.45) is 0. The second-order valence-electron chi connectivity index (χ2n) is 5.19. The Kier molecular flexibility index (Phi) is 5.20. The molecule has 0 saturated carbocycles. The van der Waals surface area contributed by atoms with Crippen LogP contribution in [-0.2, 0) is 6.54 Å². The topological polar surface area (TPSA) is 68.0 Å². The summed E-state index contributed by atoms with van der Waals surface area (Å²) in [6, 6.07) is 2.76. The van der Waals surface area contributed by atoms with E-state index in [1.807, 2.05) is 13.8 Å². The number of carbonyl (C=O) groups excluding carboxylic acids is 1. The number of aromatic nitrogens is 1. The molecule has 118 valence electrons. The van der Waals surface area contributed by atoms with Gasteiger partial charge >= 0.3 is 0 Å². The molecule has 0 bridgehead atoms. The van der Waals surface area contributed by atoms with E-state index in [2.05, 4.69) is 10.3 Å². The van der Waals surface area contributed by atoms with Crippen molar-refractivity contribution in [2.24, 2.45) is 11.7 Å². The normalized spacial score (nSPS) is 12.5. The molecule has 7 heteroatoms. The number of benzene rings is 1. The standard InChI is InChI=1S/C15H17F2N3OS/c1-8(2)14(10-4-3-9(16)5-11(10)17)20-15(21)12-7-22-13(6-18)19-12/h3-5,7-8,14H,6,18H2,1-2H3,(H,20,21). The number of nitrogens with two attached hydrogens (primary N) is 1. The molecule has 1 aromatic carbocycles. The highest BCUT2D eigenvalue weighted by Crippen LogP contribution is 2.25. The summed E-state index contributed by atoms with van der Waals surface area (Å²) in [4.78, 5) is 16.3. The van der Waals surface area contributed by atoms with E-state index in [-0.39, 0.29) is 23.7 Å². The van der Waals surface area contributed by atoms with E-state index in [1.54, 1.807) is 5.38 Å². The van der Waals surface area contributed by atoms with Crippen LogP contribution in [0, 0.1) is 17.6 Å². The lowest BCUT2D eigenvalue weighted by molar-refractivity contribution is 0.0920. The molecule has 0 radical (unpaired) electrons. The minimum atomic E-state index is -0.681. The molecular weight excluding hydrogens is 308 g/mol. The first-order valence-corrected chi connectivity index (χ1v) is 7.70. The average Bonchev–Trinajstić information content (AvgIpc) is 2.94. The fraction of sp³-hybridized carbons (Fsp3) is 0.333. The van der Waals surface area contributed by atoms with E-state index < -0.39 is 23.6 Å². The van der Waals surface area contributed by atoms with Gasteiger partial charge in [-0.1, -0.05) is 19.9 Å². The molecule has 1 aromatic heterocycles. The zero-order chi connectivity index (χ0) is 16.3. The van der Waals surface area contributed by atoms with Crippen LogP contribution in [0.4, 0.5) is 8.78 Å². The molecule has 2 rings (SSSR count). The first kappa shape index (κ1) is 16.5. The third-order valence-corrected chi connectivity index (χ3v) is 4.08. The molecule has 3 N–H and O–H groups in total. The monoisotopic (exact) mass is 325 g/mol. The number of nitrogens with one attached hydrogen (secondary N) is 1. The quantitative estimate of drug-likeness (QED) is 0.888. The minimum absolute atomic E-state index is 0.0727. The van der Waals surface area contributed by atoms with Crippen molar-refractivity contribution in [1.82, 2.24) is 10.3 Å². The summed E-state index contributed by atoms with van der Waals surface area (Å²) in [6.45, 7) is 3.96. The Morgan fingerprint density at radius 3 is 2.68 bits per heavy atom. The van der Waals surface area contributed by atoms with Crippen LogP contribution < -0.4 is 11.1 Å². The molecule has 0 spiro atoms. The Labute approximate surface area is 131 Å². The van der Waals surface area contributed by atoms with E-state index in [0.717, 1.165) is 6.07 Å². The first-order valence-electron chi connectivity index (χ1n) is 6.82. The molecule has 1 atom stereocenters. The van der Waals surface area contributed by atoms with Crippen LogP contribution in [-0.4, -0.2) is 10.9 Å². The van der Waals surface area contributed by atoms with E-state index in [4.69, 9.17) is 5.73 Å². The van der Waals surface area contributed by atoms with Crippen LogP contribution in [0.1, 0.15) is 40.9 Å². The lowest BCUT2D eigenvalue weighted by atomic mass is 9.95. The number of halogens is 2. The second-order valence-corrected chi connectivity index (χ2v) is 6.13. The van der Waals surface area contributed by atoms with Crippen molar-refractivity contribution in [3.63, 3.8) is 0 Å². The smallest absolute Gasteiger partial charge is 0.271 e. The number of rotatable bonds is 5.